The van der Waals surface area contributed by atoms with E-state index in [4.69, 9.17) is 15.3 Å². The highest BCUT2D eigenvalue weighted by Gasteiger charge is 2.05. The van der Waals surface area contributed by atoms with Crippen LogP contribution in [-0.2, 0) is 11.3 Å². The maximum atomic E-state index is 11.5. The molecule has 0 saturated carbocycles. The molecule has 0 heterocycles. The van der Waals surface area contributed by atoms with Crippen LogP contribution < -0.4 is 11.1 Å². The number of benzene rings is 1. The van der Waals surface area contributed by atoms with Crippen molar-refractivity contribution in [3.8, 4) is 0 Å². The van der Waals surface area contributed by atoms with Crippen molar-refractivity contribution in [3.05, 3.63) is 35.8 Å². The molecular formula is C10H14N2O. The molecule has 0 spiro atoms. The number of hydrogen-bond acceptors (Lipinski definition) is 2. The molecule has 0 fully saturated rings. The van der Waals surface area contributed by atoms with E-state index >= 15 is 0 Å². The van der Waals surface area contributed by atoms with Gasteiger partial charge in [0.25, 0.3) is 0 Å². The Bertz CT molecular complexity index is 530. The Labute approximate surface area is 87.8 Å². The fourth-order valence-electron chi connectivity index (χ4n) is 0.550. The first-order chi connectivity index (χ1) is 9.00. The molecule has 3 N–H and O–H groups in total. The van der Waals surface area contributed by atoms with E-state index in [-0.39, 0.29) is 0 Å². The van der Waals surface area contributed by atoms with Crippen molar-refractivity contribution < 1.29 is 14.4 Å². The summed E-state index contributed by atoms with van der Waals surface area (Å²) in [5.74, 6) is -0.832. The molecule has 1 aromatic rings. The third-order valence-corrected chi connectivity index (χ3v) is 1.22. The number of rotatable bonds is 3. The van der Waals surface area contributed by atoms with Crippen LogP contribution in [0.2, 0.25) is 0 Å². The Kier molecular flexibility index (Phi) is 1.35. The van der Waals surface area contributed by atoms with Gasteiger partial charge >= 0.3 is 0 Å². The molecular weight excluding hydrogens is 164 g/mol. The Morgan fingerprint density at radius 1 is 1.69 bits per heavy atom. The molecule has 1 amide bonds. The second kappa shape index (κ2) is 4.62. The topological polar surface area (TPSA) is 55.1 Å². The summed E-state index contributed by atoms with van der Waals surface area (Å²) in [7, 11) is 0. The van der Waals surface area contributed by atoms with Gasteiger partial charge in [-0.05, 0) is 12.5 Å². The molecule has 1 atom stereocenters. The van der Waals surface area contributed by atoms with Gasteiger partial charge in [-0.3, -0.25) is 4.79 Å². The second-order valence-electron chi connectivity index (χ2n) is 2.40. The van der Waals surface area contributed by atoms with E-state index in [1.54, 1.807) is 0 Å². The standard InChI is InChI=1S/C10H14N2O/c1-8(11)10(13)12-7-9-5-3-2-4-6-9/h2-6,8H,7,11H2,1H3,(H,12,13)/t8-/m0/s1/i2D,3D,4D,5D,6D,7D2. The molecule has 0 aromatic heterocycles. The molecule has 3 heteroatoms. The lowest BCUT2D eigenvalue weighted by Crippen LogP contribution is -2.37. The minimum atomic E-state index is -2.63. The Hall–Kier alpha value is -1.35. The van der Waals surface area contributed by atoms with Crippen LogP contribution in [0.15, 0.2) is 30.2 Å². The fraction of sp³-hybridized carbons (Fsp3) is 0.300. The van der Waals surface area contributed by atoms with E-state index < -0.39 is 54.2 Å². The van der Waals surface area contributed by atoms with Gasteiger partial charge in [-0.15, -0.1) is 0 Å². The number of nitrogens with one attached hydrogen (secondary N) is 1. The van der Waals surface area contributed by atoms with Gasteiger partial charge in [0.2, 0.25) is 5.91 Å². The van der Waals surface area contributed by atoms with Gasteiger partial charge in [0.15, 0.2) is 0 Å². The van der Waals surface area contributed by atoms with Crippen molar-refractivity contribution in [2.45, 2.75) is 19.5 Å². The molecule has 70 valence electrons. The summed E-state index contributed by atoms with van der Waals surface area (Å²) in [6.07, 6.45) is 0. The molecule has 0 unspecified atom stereocenters. The van der Waals surface area contributed by atoms with Crippen LogP contribution in [0.25, 0.3) is 0 Å². The van der Waals surface area contributed by atoms with Gasteiger partial charge < -0.3 is 11.1 Å². The maximum absolute atomic E-state index is 11.5. The maximum Gasteiger partial charge on any atom is 0.236 e. The van der Waals surface area contributed by atoms with Gasteiger partial charge in [-0.2, -0.15) is 0 Å². The SMILES string of the molecule is [2H]c1c([2H])c([2H])c(C([2H])([2H])NC(=O)[C@H](C)N)c([2H])c1[2H]. The third-order valence-electron chi connectivity index (χ3n) is 1.22. The zero-order chi connectivity index (χ0) is 15.8. The summed E-state index contributed by atoms with van der Waals surface area (Å²) >= 11 is 0. The summed E-state index contributed by atoms with van der Waals surface area (Å²) in [6, 6.07) is -4.36. The van der Waals surface area contributed by atoms with Crippen molar-refractivity contribution in [1.29, 1.82) is 0 Å². The Balaban J connectivity index is 3.42. The molecule has 0 radical (unpaired) electrons. The fourth-order valence-corrected chi connectivity index (χ4v) is 0.550. The lowest BCUT2D eigenvalue weighted by molar-refractivity contribution is -0.122. The minimum absolute atomic E-state index is 0.627. The molecule has 0 aliphatic rings. The van der Waals surface area contributed by atoms with E-state index in [1.807, 2.05) is 5.32 Å². The first kappa shape index (κ1) is 3.80. The molecule has 0 bridgehead atoms. The van der Waals surface area contributed by atoms with Gasteiger partial charge in [0, 0.05) is 6.50 Å². The van der Waals surface area contributed by atoms with Crippen molar-refractivity contribution in [1.82, 2.24) is 5.32 Å². The van der Waals surface area contributed by atoms with Gasteiger partial charge in [-0.25, -0.2) is 0 Å². The van der Waals surface area contributed by atoms with Crippen molar-refractivity contribution in [3.63, 3.8) is 0 Å². The van der Waals surface area contributed by atoms with E-state index in [9.17, 15) is 4.79 Å². The van der Waals surface area contributed by atoms with E-state index in [1.165, 1.54) is 6.92 Å². The first-order valence-corrected chi connectivity index (χ1v) is 3.65. The zero-order valence-corrected chi connectivity index (χ0v) is 7.06. The summed E-state index contributed by atoms with van der Waals surface area (Å²) in [5, 5.41) is 1.93. The molecule has 13 heavy (non-hydrogen) atoms. The lowest BCUT2D eigenvalue weighted by atomic mass is 10.2. The Morgan fingerprint density at radius 2 is 2.31 bits per heavy atom. The van der Waals surface area contributed by atoms with Crippen LogP contribution in [0.1, 0.15) is 22.1 Å². The summed E-state index contributed by atoms with van der Waals surface area (Å²) in [4.78, 5) is 11.5. The summed E-state index contributed by atoms with van der Waals surface area (Å²) in [6.45, 7) is -1.29. The smallest absolute Gasteiger partial charge is 0.236 e. The molecule has 3 nitrogen and oxygen atoms in total. The first-order valence-electron chi connectivity index (χ1n) is 7.15. The van der Waals surface area contributed by atoms with Crippen LogP contribution >= 0.6 is 0 Å². The predicted molar refractivity (Wildman–Crippen MR) is 51.9 cm³/mol. The molecule has 0 aliphatic heterocycles. The van der Waals surface area contributed by atoms with Gasteiger partial charge in [-0.1, -0.05) is 30.2 Å². The van der Waals surface area contributed by atoms with Crippen LogP contribution in [-0.4, -0.2) is 11.9 Å². The Morgan fingerprint density at radius 3 is 2.85 bits per heavy atom. The number of amides is 1. The quantitative estimate of drug-likeness (QED) is 0.726. The third kappa shape index (κ3) is 3.25. The number of carbonyl (C=O) groups excluding carboxylic acids is 1. The highest BCUT2D eigenvalue weighted by Crippen LogP contribution is 1.96. The average Bonchev–Trinajstić information content (AvgIpc) is 2.33. The molecule has 1 rings (SSSR count). The normalized spacial score (nSPS) is 20.9. The molecule has 1 aromatic carbocycles. The largest absolute Gasteiger partial charge is 0.351 e. The number of carbonyl (C=O) groups is 1. The molecule has 0 saturated heterocycles. The van der Waals surface area contributed by atoms with Crippen molar-refractivity contribution >= 4 is 5.91 Å². The number of nitrogens with two attached hydrogens (primary N) is 1. The summed E-state index contributed by atoms with van der Waals surface area (Å²) < 4.78 is 53.2. The number of hydrogen-bond donors (Lipinski definition) is 2. The highest BCUT2D eigenvalue weighted by molar-refractivity contribution is 5.80. The van der Waals surface area contributed by atoms with Gasteiger partial charge in [0.1, 0.15) is 0 Å². The minimum Gasteiger partial charge on any atom is -0.351 e. The van der Waals surface area contributed by atoms with Crippen molar-refractivity contribution in [2.24, 2.45) is 5.73 Å². The summed E-state index contributed by atoms with van der Waals surface area (Å²) in [5.41, 5.74) is 4.68. The predicted octanol–water partition coefficient (Wildman–Crippen LogP) is 0.650. The van der Waals surface area contributed by atoms with Crippen LogP contribution in [0.4, 0.5) is 0 Å². The average molecular weight is 185 g/mol. The van der Waals surface area contributed by atoms with E-state index in [0.717, 1.165) is 0 Å². The monoisotopic (exact) mass is 185 g/mol. The zero-order valence-electron chi connectivity index (χ0n) is 14.1. The second-order valence-corrected chi connectivity index (χ2v) is 2.40. The van der Waals surface area contributed by atoms with Gasteiger partial charge in [0.05, 0.1) is 15.6 Å². The van der Waals surface area contributed by atoms with Crippen LogP contribution in [0.5, 0.6) is 0 Å². The molecule has 0 aliphatic carbocycles. The van der Waals surface area contributed by atoms with Crippen LogP contribution in [0, 0.1) is 0 Å². The van der Waals surface area contributed by atoms with E-state index in [2.05, 4.69) is 0 Å². The van der Waals surface area contributed by atoms with Crippen LogP contribution in [0.3, 0.4) is 0 Å². The van der Waals surface area contributed by atoms with Crippen molar-refractivity contribution in [2.75, 3.05) is 0 Å². The van der Waals surface area contributed by atoms with E-state index in [0.29, 0.717) is 0 Å². The lowest BCUT2D eigenvalue weighted by Gasteiger charge is -2.06. The highest BCUT2D eigenvalue weighted by atomic mass is 16.2.